The van der Waals surface area contributed by atoms with Crippen LogP contribution >= 0.6 is 0 Å². The molecule has 2 saturated heterocycles. The van der Waals surface area contributed by atoms with Crippen LogP contribution in [-0.2, 0) is 9.47 Å². The van der Waals surface area contributed by atoms with Crippen molar-refractivity contribution in [2.24, 2.45) is 0 Å². The predicted molar refractivity (Wildman–Crippen MR) is 138 cm³/mol. The molecule has 34 heavy (non-hydrogen) atoms. The number of nitrogens with zero attached hydrogens (tertiary/aromatic N) is 2. The molecular formula is C28H41LiN2O3. The third-order valence-electron chi connectivity index (χ3n) is 5.47. The molecule has 182 valence electrons. The zero-order valence-electron chi connectivity index (χ0n) is 22.1. The van der Waals surface area contributed by atoms with Crippen molar-refractivity contribution in [2.45, 2.75) is 65.2 Å². The summed E-state index contributed by atoms with van der Waals surface area (Å²) in [7, 11) is 1.61. The molecular weight excluding hydrogens is 419 g/mol. The summed E-state index contributed by atoms with van der Waals surface area (Å²) in [5.41, 5.74) is 4.88. The molecule has 0 saturated carbocycles. The second kappa shape index (κ2) is 16.8. The van der Waals surface area contributed by atoms with Gasteiger partial charge in [-0.3, -0.25) is 0 Å². The Morgan fingerprint density at radius 3 is 1.71 bits per heavy atom. The van der Waals surface area contributed by atoms with E-state index in [0.29, 0.717) is 23.4 Å². The Morgan fingerprint density at radius 2 is 1.32 bits per heavy atom. The van der Waals surface area contributed by atoms with Gasteiger partial charge in [-0.2, -0.15) is 0 Å². The number of benzene rings is 1. The predicted octanol–water partition coefficient (Wildman–Crippen LogP) is 4.61. The first-order chi connectivity index (χ1) is 15.9. The summed E-state index contributed by atoms with van der Waals surface area (Å²) in [5.74, 6) is 1.37. The summed E-state index contributed by atoms with van der Waals surface area (Å²) < 4.78 is 15.1. The molecule has 2 aliphatic rings. The number of aromatic nitrogens is 1. The van der Waals surface area contributed by atoms with Crippen molar-refractivity contribution in [3.8, 4) is 5.88 Å². The number of rotatable bonds is 6. The standard InChI is InChI=1S/C20H25N2O.2C4H8O.Li/c1-13(2)16-9-7-10-17(14(3)4)20(16)21-15(5)18-11-8-12-19(22-18)23-6;2*1-2-4-5-3-1;/h7-14H,5H2,1-4,6H3;2*1-4H2;/q-1;;;+1. The quantitative estimate of drug-likeness (QED) is 0.591. The van der Waals surface area contributed by atoms with E-state index in [2.05, 4.69) is 57.5 Å². The average Bonchev–Trinajstić information content (AvgIpc) is 3.58. The summed E-state index contributed by atoms with van der Waals surface area (Å²) in [6, 6.07) is 12.0. The van der Waals surface area contributed by atoms with Crippen molar-refractivity contribution < 1.29 is 33.1 Å². The van der Waals surface area contributed by atoms with E-state index in [1.165, 1.54) is 36.8 Å². The third-order valence-corrected chi connectivity index (χ3v) is 5.47. The molecule has 0 bridgehead atoms. The monoisotopic (exact) mass is 460 g/mol. The molecule has 0 N–H and O–H groups in total. The molecule has 3 heterocycles. The van der Waals surface area contributed by atoms with Crippen molar-refractivity contribution >= 4 is 11.4 Å². The van der Waals surface area contributed by atoms with Crippen LogP contribution in [0.15, 0.2) is 43.0 Å². The summed E-state index contributed by atoms with van der Waals surface area (Å²) in [5, 5.41) is 4.83. The van der Waals surface area contributed by atoms with E-state index in [1.807, 2.05) is 18.2 Å². The smallest absolute Gasteiger partial charge is 0.656 e. The Labute approximate surface area is 218 Å². The summed E-state index contributed by atoms with van der Waals surface area (Å²) in [6.45, 7) is 16.9. The maximum Gasteiger partial charge on any atom is 1.00 e. The van der Waals surface area contributed by atoms with E-state index in [1.54, 1.807) is 7.11 Å². The van der Waals surface area contributed by atoms with Crippen LogP contribution in [0.4, 0.5) is 5.69 Å². The Morgan fingerprint density at radius 1 is 0.853 bits per heavy atom. The van der Waals surface area contributed by atoms with E-state index in [-0.39, 0.29) is 18.9 Å². The van der Waals surface area contributed by atoms with Gasteiger partial charge < -0.3 is 19.5 Å². The van der Waals surface area contributed by atoms with Crippen molar-refractivity contribution in [3.63, 3.8) is 0 Å². The van der Waals surface area contributed by atoms with Gasteiger partial charge in [-0.15, -0.1) is 18.0 Å². The number of ether oxygens (including phenoxy) is 3. The number of methoxy groups -OCH3 is 1. The van der Waals surface area contributed by atoms with Gasteiger partial charge in [0, 0.05) is 32.5 Å². The van der Waals surface area contributed by atoms with Crippen LogP contribution in [0.3, 0.4) is 0 Å². The number of pyridine rings is 1. The van der Waals surface area contributed by atoms with Crippen LogP contribution in [0.1, 0.15) is 82.0 Å². The molecule has 6 heteroatoms. The second-order valence-electron chi connectivity index (χ2n) is 8.86. The van der Waals surface area contributed by atoms with Gasteiger partial charge in [0.2, 0.25) is 5.88 Å². The molecule has 0 aliphatic carbocycles. The van der Waals surface area contributed by atoms with Gasteiger partial charge in [-0.05, 0) is 43.6 Å². The van der Waals surface area contributed by atoms with E-state index >= 15 is 0 Å². The van der Waals surface area contributed by atoms with Crippen LogP contribution < -0.4 is 23.6 Å². The molecule has 1 aromatic heterocycles. The Kier molecular flexibility index (Phi) is 14.9. The van der Waals surface area contributed by atoms with E-state index in [4.69, 9.17) is 19.5 Å². The maximum absolute atomic E-state index is 5.19. The van der Waals surface area contributed by atoms with Crippen LogP contribution in [0.25, 0.3) is 11.0 Å². The molecule has 0 amide bonds. The van der Waals surface area contributed by atoms with Crippen molar-refractivity contribution in [1.29, 1.82) is 0 Å². The SMILES string of the molecule is C1CCOC1.C1CCOC1.C=C([N-]c1c(C(C)C)cccc1C(C)C)c1cccc(OC)n1.[Li+]. The zero-order valence-corrected chi connectivity index (χ0v) is 22.1. The van der Waals surface area contributed by atoms with Crippen LogP contribution in [0.5, 0.6) is 5.88 Å². The Bertz CT molecular complexity index is 796. The minimum Gasteiger partial charge on any atom is -0.656 e. The Balaban J connectivity index is 0.000000430. The van der Waals surface area contributed by atoms with Crippen LogP contribution in [0.2, 0.25) is 0 Å². The van der Waals surface area contributed by atoms with E-state index in [9.17, 15) is 0 Å². The van der Waals surface area contributed by atoms with Gasteiger partial charge in [0.05, 0.1) is 12.8 Å². The number of para-hydroxylation sites is 1. The fraction of sp³-hybridized carbons (Fsp3) is 0.536. The van der Waals surface area contributed by atoms with Crippen LogP contribution in [0, 0.1) is 0 Å². The van der Waals surface area contributed by atoms with Gasteiger partial charge in [0.1, 0.15) is 0 Å². The molecule has 0 atom stereocenters. The van der Waals surface area contributed by atoms with E-state index < -0.39 is 0 Å². The first-order valence-electron chi connectivity index (χ1n) is 12.1. The molecule has 2 fully saturated rings. The molecule has 2 aliphatic heterocycles. The minimum atomic E-state index is 0. The summed E-state index contributed by atoms with van der Waals surface area (Å²) >= 11 is 0. The molecule has 5 nitrogen and oxygen atoms in total. The largest absolute Gasteiger partial charge is 1.00 e. The van der Waals surface area contributed by atoms with Gasteiger partial charge in [0.25, 0.3) is 0 Å². The van der Waals surface area contributed by atoms with Gasteiger partial charge >= 0.3 is 18.9 Å². The number of hydrogen-bond donors (Lipinski definition) is 0. The maximum atomic E-state index is 5.19. The van der Waals surface area contributed by atoms with Crippen molar-refractivity contribution in [2.75, 3.05) is 33.5 Å². The van der Waals surface area contributed by atoms with Crippen molar-refractivity contribution in [3.05, 3.63) is 65.1 Å². The number of hydrogen-bond acceptors (Lipinski definition) is 4. The van der Waals surface area contributed by atoms with Gasteiger partial charge in [-0.1, -0.05) is 63.1 Å². The molecule has 0 spiro atoms. The first-order valence-corrected chi connectivity index (χ1v) is 12.1. The second-order valence-corrected chi connectivity index (χ2v) is 8.86. The summed E-state index contributed by atoms with van der Waals surface area (Å²) in [4.78, 5) is 4.42. The van der Waals surface area contributed by atoms with Crippen molar-refractivity contribution in [1.82, 2.24) is 4.98 Å². The fourth-order valence-corrected chi connectivity index (χ4v) is 3.54. The molecule has 0 unspecified atom stereocenters. The average molecular weight is 461 g/mol. The molecule has 0 radical (unpaired) electrons. The normalized spacial score (nSPS) is 14.4. The van der Waals surface area contributed by atoms with Crippen LogP contribution in [-0.4, -0.2) is 38.5 Å². The fourth-order valence-electron chi connectivity index (χ4n) is 3.54. The molecule has 2 aromatic rings. The molecule has 1 aromatic carbocycles. The van der Waals surface area contributed by atoms with Gasteiger partial charge in [0.15, 0.2) is 0 Å². The minimum absolute atomic E-state index is 0. The topological polar surface area (TPSA) is 54.7 Å². The first kappa shape index (κ1) is 30.3. The van der Waals surface area contributed by atoms with Gasteiger partial charge in [-0.25, -0.2) is 4.98 Å². The Hall–Kier alpha value is -1.77. The molecule has 4 rings (SSSR count). The van der Waals surface area contributed by atoms with E-state index in [0.717, 1.165) is 37.8 Å². The zero-order chi connectivity index (χ0) is 24.1. The summed E-state index contributed by atoms with van der Waals surface area (Å²) in [6.07, 6.45) is 5.11. The third kappa shape index (κ3) is 10.2.